The van der Waals surface area contributed by atoms with Crippen LogP contribution in [0, 0.1) is 11.3 Å². The second-order valence-corrected chi connectivity index (χ2v) is 5.65. The Morgan fingerprint density at radius 3 is 2.21 bits per heavy atom. The molecule has 0 heterocycles. The number of ether oxygens (including phenoxy) is 1. The molecule has 0 atom stereocenters. The van der Waals surface area contributed by atoms with Crippen LogP contribution in [0.1, 0.15) is 5.56 Å². The van der Waals surface area contributed by atoms with Crippen LogP contribution in [0.4, 0.5) is 11.4 Å². The first-order valence-electron chi connectivity index (χ1n) is 7.44. The van der Waals surface area contributed by atoms with Gasteiger partial charge in [-0.05, 0) is 54.6 Å². The number of hydrogen-bond donors (Lipinski definition) is 0. The number of halogens is 1. The van der Waals surface area contributed by atoms with Crippen LogP contribution in [-0.2, 0) is 0 Å². The monoisotopic (exact) mass is 334 g/mol. The Balaban J connectivity index is 1.77. The number of para-hydroxylation sites is 1. The summed E-state index contributed by atoms with van der Waals surface area (Å²) in [6.07, 6.45) is 0. The standard InChI is InChI=1S/C20H15ClN2O/c1-23(16-5-3-2-4-6-16)17-8-10-18(11-9-17)24-20-12-7-15(14-22)13-19(20)21/h2-13H,1H3. The zero-order valence-corrected chi connectivity index (χ0v) is 13.9. The third kappa shape index (κ3) is 3.51. The molecule has 0 bridgehead atoms. The molecular formula is C20H15ClN2O. The highest BCUT2D eigenvalue weighted by molar-refractivity contribution is 6.32. The lowest BCUT2D eigenvalue weighted by Crippen LogP contribution is -2.08. The predicted molar refractivity (Wildman–Crippen MR) is 97.2 cm³/mol. The van der Waals surface area contributed by atoms with Crippen molar-refractivity contribution in [2.24, 2.45) is 0 Å². The average molecular weight is 335 g/mol. The van der Waals surface area contributed by atoms with E-state index in [4.69, 9.17) is 21.6 Å². The van der Waals surface area contributed by atoms with Crippen molar-refractivity contribution < 1.29 is 4.74 Å². The third-order valence-electron chi connectivity index (χ3n) is 3.66. The van der Waals surface area contributed by atoms with Gasteiger partial charge < -0.3 is 9.64 Å². The first kappa shape index (κ1) is 15.9. The van der Waals surface area contributed by atoms with Crippen molar-refractivity contribution in [1.29, 1.82) is 5.26 Å². The van der Waals surface area contributed by atoms with Crippen molar-refractivity contribution in [2.45, 2.75) is 0 Å². The lowest BCUT2D eigenvalue weighted by molar-refractivity contribution is 0.483. The van der Waals surface area contributed by atoms with Crippen LogP contribution in [0.15, 0.2) is 72.8 Å². The van der Waals surface area contributed by atoms with Gasteiger partial charge in [0, 0.05) is 18.4 Å². The number of hydrogen-bond acceptors (Lipinski definition) is 3. The fraction of sp³-hybridized carbons (Fsp3) is 0.0500. The van der Waals surface area contributed by atoms with Crippen LogP contribution in [-0.4, -0.2) is 7.05 Å². The number of rotatable bonds is 4. The van der Waals surface area contributed by atoms with E-state index in [0.29, 0.717) is 22.1 Å². The van der Waals surface area contributed by atoms with Gasteiger partial charge >= 0.3 is 0 Å². The van der Waals surface area contributed by atoms with Crippen LogP contribution in [0.3, 0.4) is 0 Å². The lowest BCUT2D eigenvalue weighted by atomic mass is 10.2. The summed E-state index contributed by atoms with van der Waals surface area (Å²) in [5.74, 6) is 1.21. The molecule has 3 aromatic carbocycles. The summed E-state index contributed by atoms with van der Waals surface area (Å²) < 4.78 is 5.79. The summed E-state index contributed by atoms with van der Waals surface area (Å²) in [6, 6.07) is 24.9. The van der Waals surface area contributed by atoms with E-state index in [0.717, 1.165) is 11.4 Å². The van der Waals surface area contributed by atoms with Crippen molar-refractivity contribution >= 4 is 23.0 Å². The summed E-state index contributed by atoms with van der Waals surface area (Å²) in [5.41, 5.74) is 2.67. The van der Waals surface area contributed by atoms with Crippen LogP contribution < -0.4 is 9.64 Å². The fourth-order valence-corrected chi connectivity index (χ4v) is 2.54. The molecule has 0 spiro atoms. The van der Waals surface area contributed by atoms with Gasteiger partial charge in [0.05, 0.1) is 16.7 Å². The zero-order chi connectivity index (χ0) is 16.9. The van der Waals surface area contributed by atoms with E-state index in [-0.39, 0.29) is 0 Å². The first-order valence-corrected chi connectivity index (χ1v) is 7.81. The molecule has 0 aliphatic carbocycles. The van der Waals surface area contributed by atoms with Crippen LogP contribution in [0.5, 0.6) is 11.5 Å². The molecule has 0 saturated carbocycles. The summed E-state index contributed by atoms with van der Waals surface area (Å²) >= 11 is 6.14. The molecule has 0 aromatic heterocycles. The molecule has 0 saturated heterocycles. The van der Waals surface area contributed by atoms with Crippen molar-refractivity contribution in [1.82, 2.24) is 0 Å². The van der Waals surface area contributed by atoms with Crippen LogP contribution in [0.2, 0.25) is 5.02 Å². The Hall–Kier alpha value is -2.96. The van der Waals surface area contributed by atoms with Gasteiger partial charge in [0.25, 0.3) is 0 Å². The maximum atomic E-state index is 8.87. The van der Waals surface area contributed by atoms with E-state index >= 15 is 0 Å². The van der Waals surface area contributed by atoms with E-state index < -0.39 is 0 Å². The Labute approximate surface area is 146 Å². The van der Waals surface area contributed by atoms with Crippen molar-refractivity contribution in [2.75, 3.05) is 11.9 Å². The number of benzene rings is 3. The molecular weight excluding hydrogens is 320 g/mol. The molecule has 3 aromatic rings. The van der Waals surface area contributed by atoms with Gasteiger partial charge in [-0.15, -0.1) is 0 Å². The van der Waals surface area contributed by atoms with E-state index in [2.05, 4.69) is 17.0 Å². The second kappa shape index (κ2) is 7.08. The Morgan fingerprint density at radius 2 is 1.58 bits per heavy atom. The molecule has 0 aliphatic rings. The van der Waals surface area contributed by atoms with E-state index in [1.165, 1.54) is 0 Å². The van der Waals surface area contributed by atoms with Gasteiger partial charge in [-0.25, -0.2) is 0 Å². The van der Waals surface area contributed by atoms with Crippen LogP contribution >= 0.6 is 11.6 Å². The molecule has 0 unspecified atom stereocenters. The lowest BCUT2D eigenvalue weighted by Gasteiger charge is -2.19. The molecule has 3 rings (SSSR count). The fourth-order valence-electron chi connectivity index (χ4n) is 2.32. The summed E-state index contributed by atoms with van der Waals surface area (Å²) in [5, 5.41) is 9.28. The molecule has 3 nitrogen and oxygen atoms in total. The summed E-state index contributed by atoms with van der Waals surface area (Å²) in [7, 11) is 2.02. The van der Waals surface area contributed by atoms with Crippen molar-refractivity contribution in [3.05, 3.63) is 83.4 Å². The second-order valence-electron chi connectivity index (χ2n) is 5.25. The molecule has 0 N–H and O–H groups in total. The maximum Gasteiger partial charge on any atom is 0.146 e. The van der Waals surface area contributed by atoms with Crippen molar-refractivity contribution in [3.63, 3.8) is 0 Å². The Kier molecular flexibility index (Phi) is 4.69. The molecule has 0 fully saturated rings. The number of anilines is 2. The highest BCUT2D eigenvalue weighted by Crippen LogP contribution is 2.31. The van der Waals surface area contributed by atoms with Crippen molar-refractivity contribution in [3.8, 4) is 17.6 Å². The molecule has 118 valence electrons. The summed E-state index contributed by atoms with van der Waals surface area (Å²) in [4.78, 5) is 2.10. The molecule has 0 amide bonds. The highest BCUT2D eigenvalue weighted by atomic mass is 35.5. The minimum absolute atomic E-state index is 0.416. The van der Waals surface area contributed by atoms with Gasteiger partial charge in [-0.1, -0.05) is 29.8 Å². The Bertz CT molecular complexity index is 870. The highest BCUT2D eigenvalue weighted by Gasteiger charge is 2.07. The van der Waals surface area contributed by atoms with Gasteiger partial charge in [0.15, 0.2) is 0 Å². The predicted octanol–water partition coefficient (Wildman–Crippen LogP) is 5.77. The Morgan fingerprint density at radius 1 is 0.917 bits per heavy atom. The normalized spacial score (nSPS) is 10.0. The van der Waals surface area contributed by atoms with Crippen LogP contribution in [0.25, 0.3) is 0 Å². The maximum absolute atomic E-state index is 8.87. The molecule has 0 radical (unpaired) electrons. The smallest absolute Gasteiger partial charge is 0.146 e. The third-order valence-corrected chi connectivity index (χ3v) is 3.95. The van der Waals surface area contributed by atoms with E-state index in [9.17, 15) is 0 Å². The quantitative estimate of drug-likeness (QED) is 0.607. The number of nitriles is 1. The first-order chi connectivity index (χ1) is 11.7. The van der Waals surface area contributed by atoms with E-state index in [1.54, 1.807) is 18.2 Å². The summed E-state index contributed by atoms with van der Waals surface area (Å²) in [6.45, 7) is 0. The topological polar surface area (TPSA) is 36.3 Å². The average Bonchev–Trinajstić information content (AvgIpc) is 2.64. The van der Waals surface area contributed by atoms with Gasteiger partial charge in [-0.2, -0.15) is 5.26 Å². The van der Waals surface area contributed by atoms with Gasteiger partial charge in [0.1, 0.15) is 11.5 Å². The van der Waals surface area contributed by atoms with Gasteiger partial charge in [-0.3, -0.25) is 0 Å². The van der Waals surface area contributed by atoms with Gasteiger partial charge in [0.2, 0.25) is 0 Å². The largest absolute Gasteiger partial charge is 0.456 e. The molecule has 0 aliphatic heterocycles. The molecule has 4 heteroatoms. The minimum Gasteiger partial charge on any atom is -0.456 e. The minimum atomic E-state index is 0.416. The van der Waals surface area contributed by atoms with E-state index in [1.807, 2.05) is 55.6 Å². The molecule has 24 heavy (non-hydrogen) atoms. The zero-order valence-electron chi connectivity index (χ0n) is 13.1. The SMILES string of the molecule is CN(c1ccccc1)c1ccc(Oc2ccc(C#N)cc2Cl)cc1. The number of nitrogens with zero attached hydrogens (tertiary/aromatic N) is 2.